The summed E-state index contributed by atoms with van der Waals surface area (Å²) in [5.74, 6) is 0.510. The van der Waals surface area contributed by atoms with E-state index in [1.165, 1.54) is 13.2 Å². The molecule has 0 fully saturated rings. The molecule has 28 heavy (non-hydrogen) atoms. The van der Waals surface area contributed by atoms with Gasteiger partial charge in [-0.15, -0.1) is 24.0 Å². The van der Waals surface area contributed by atoms with Crippen molar-refractivity contribution < 1.29 is 14.2 Å². The lowest BCUT2D eigenvalue weighted by Gasteiger charge is -2.23. The fraction of sp³-hybridized carbons (Fsp3) is 0.381. The Bertz CT molecular complexity index is 744. The van der Waals surface area contributed by atoms with Crippen molar-refractivity contribution in [2.75, 3.05) is 27.2 Å². The van der Waals surface area contributed by atoms with Crippen molar-refractivity contribution in [2.45, 2.75) is 26.0 Å². The average Bonchev–Trinajstić information content (AvgIpc) is 2.66. The predicted molar refractivity (Wildman–Crippen MR) is 122 cm³/mol. The van der Waals surface area contributed by atoms with E-state index in [1.54, 1.807) is 6.07 Å². The molecule has 0 heterocycles. The first-order valence-electron chi connectivity index (χ1n) is 9.07. The highest BCUT2D eigenvalue weighted by molar-refractivity contribution is 14.0. The van der Waals surface area contributed by atoms with E-state index in [4.69, 9.17) is 4.74 Å². The zero-order valence-electron chi connectivity index (χ0n) is 16.6. The van der Waals surface area contributed by atoms with Crippen LogP contribution in [-0.4, -0.2) is 49.3 Å². The van der Waals surface area contributed by atoms with Gasteiger partial charge in [-0.05, 0) is 30.2 Å². The number of nitrogens with one attached hydrogen (secondary N) is 1. The average molecular weight is 501 g/mol. The van der Waals surface area contributed by atoms with Crippen molar-refractivity contribution in [1.82, 2.24) is 10.2 Å². The van der Waals surface area contributed by atoms with Crippen molar-refractivity contribution in [3.63, 3.8) is 0 Å². The largest absolute Gasteiger partial charge is 0.494 e. The molecule has 0 aromatic heterocycles. The number of nitrogens with zero attached hydrogens (tertiary/aromatic N) is 2. The second-order valence-corrected chi connectivity index (χ2v) is 6.36. The lowest BCUT2D eigenvalue weighted by molar-refractivity contribution is 0.183. The maximum absolute atomic E-state index is 13.9. The summed E-state index contributed by atoms with van der Waals surface area (Å²) in [5.41, 5.74) is 1.89. The highest BCUT2D eigenvalue weighted by Gasteiger charge is 2.11. The molecule has 1 atom stereocenters. The molecule has 0 amide bonds. The molecule has 0 aliphatic rings. The van der Waals surface area contributed by atoms with Crippen LogP contribution >= 0.6 is 24.0 Å². The minimum atomic E-state index is -0.562. The SMILES string of the molecule is CCNC(=NCC(O)Cc1ccccc1)N(C)Cc1ccc(OC)c(F)c1.I. The second-order valence-electron chi connectivity index (χ2n) is 6.36. The van der Waals surface area contributed by atoms with Crippen molar-refractivity contribution in [2.24, 2.45) is 4.99 Å². The second kappa shape index (κ2) is 12.6. The van der Waals surface area contributed by atoms with Gasteiger partial charge in [-0.3, -0.25) is 4.99 Å². The first kappa shape index (κ1) is 24.2. The molecule has 0 aliphatic heterocycles. The number of methoxy groups -OCH3 is 1. The summed E-state index contributed by atoms with van der Waals surface area (Å²) in [5, 5.41) is 13.5. The molecular formula is C21H29FIN3O2. The fourth-order valence-electron chi connectivity index (χ4n) is 2.77. The van der Waals surface area contributed by atoms with Crippen molar-refractivity contribution in [3.8, 4) is 5.75 Å². The minimum absolute atomic E-state index is 0. The molecule has 154 valence electrons. The molecule has 0 aliphatic carbocycles. The van der Waals surface area contributed by atoms with Crippen LogP contribution in [0.1, 0.15) is 18.1 Å². The molecule has 0 saturated carbocycles. The molecule has 5 nitrogen and oxygen atoms in total. The number of hydrogen-bond acceptors (Lipinski definition) is 3. The fourth-order valence-corrected chi connectivity index (χ4v) is 2.77. The van der Waals surface area contributed by atoms with Crippen LogP contribution in [0.5, 0.6) is 5.75 Å². The third-order valence-electron chi connectivity index (χ3n) is 4.10. The maximum atomic E-state index is 13.9. The summed E-state index contributed by atoms with van der Waals surface area (Å²) in [4.78, 5) is 6.43. The highest BCUT2D eigenvalue weighted by atomic mass is 127. The first-order chi connectivity index (χ1) is 13.0. The summed E-state index contributed by atoms with van der Waals surface area (Å²) in [6, 6.07) is 14.7. The Labute approximate surface area is 183 Å². The summed E-state index contributed by atoms with van der Waals surface area (Å²) < 4.78 is 18.8. The number of ether oxygens (including phenoxy) is 1. The van der Waals surface area contributed by atoms with E-state index in [0.717, 1.165) is 11.1 Å². The van der Waals surface area contributed by atoms with E-state index in [9.17, 15) is 9.50 Å². The Hall–Kier alpha value is -1.87. The van der Waals surface area contributed by atoms with E-state index < -0.39 is 6.10 Å². The molecular weight excluding hydrogens is 472 g/mol. The van der Waals surface area contributed by atoms with Gasteiger partial charge in [-0.2, -0.15) is 0 Å². The number of aliphatic imine (C=N–C) groups is 1. The monoisotopic (exact) mass is 501 g/mol. The number of halogens is 2. The van der Waals surface area contributed by atoms with Gasteiger partial charge in [0, 0.05) is 26.6 Å². The van der Waals surface area contributed by atoms with Crippen molar-refractivity contribution >= 4 is 29.9 Å². The quantitative estimate of drug-likeness (QED) is 0.331. The lowest BCUT2D eigenvalue weighted by atomic mass is 10.1. The molecule has 2 aromatic carbocycles. The Morgan fingerprint density at radius 2 is 1.93 bits per heavy atom. The van der Waals surface area contributed by atoms with Crippen LogP contribution in [0.15, 0.2) is 53.5 Å². The molecule has 0 saturated heterocycles. The Morgan fingerprint density at radius 3 is 2.54 bits per heavy atom. The molecule has 2 aromatic rings. The Morgan fingerprint density at radius 1 is 1.21 bits per heavy atom. The normalized spacial score (nSPS) is 12.1. The molecule has 0 spiro atoms. The number of benzene rings is 2. The van der Waals surface area contributed by atoms with Crippen LogP contribution in [0.2, 0.25) is 0 Å². The van der Waals surface area contributed by atoms with Crippen LogP contribution in [0.4, 0.5) is 4.39 Å². The molecule has 1 unspecified atom stereocenters. The van der Waals surface area contributed by atoms with Crippen molar-refractivity contribution in [3.05, 3.63) is 65.5 Å². The van der Waals surface area contributed by atoms with Crippen molar-refractivity contribution in [1.29, 1.82) is 0 Å². The van der Waals surface area contributed by atoms with E-state index in [0.29, 0.717) is 32.0 Å². The molecule has 0 bridgehead atoms. The molecule has 2 rings (SSSR count). The topological polar surface area (TPSA) is 57.1 Å². The van der Waals surface area contributed by atoms with E-state index >= 15 is 0 Å². The molecule has 7 heteroatoms. The standard InChI is InChI=1S/C21H28FN3O2.HI/c1-4-23-21(24-14-18(26)12-16-8-6-5-7-9-16)25(2)15-17-10-11-20(27-3)19(22)13-17;/h5-11,13,18,26H,4,12,14-15H2,1-3H3,(H,23,24);1H. The summed E-state index contributed by atoms with van der Waals surface area (Å²) in [7, 11) is 3.33. The number of aliphatic hydroxyl groups excluding tert-OH is 1. The first-order valence-corrected chi connectivity index (χ1v) is 9.07. The van der Waals surface area contributed by atoms with Gasteiger partial charge in [0.1, 0.15) is 0 Å². The maximum Gasteiger partial charge on any atom is 0.194 e. The van der Waals surface area contributed by atoms with Gasteiger partial charge >= 0.3 is 0 Å². The molecule has 2 N–H and O–H groups in total. The van der Waals surface area contributed by atoms with Gasteiger partial charge in [0.15, 0.2) is 17.5 Å². The van der Waals surface area contributed by atoms with Gasteiger partial charge in [-0.25, -0.2) is 4.39 Å². The van der Waals surface area contributed by atoms with Gasteiger partial charge in [0.2, 0.25) is 0 Å². The van der Waals surface area contributed by atoms with Gasteiger partial charge in [0.25, 0.3) is 0 Å². The van der Waals surface area contributed by atoms with E-state index in [2.05, 4.69) is 10.3 Å². The predicted octanol–water partition coefficient (Wildman–Crippen LogP) is 3.45. The Balaban J connectivity index is 0.00000392. The summed E-state index contributed by atoms with van der Waals surface area (Å²) in [6.45, 7) is 3.46. The number of rotatable bonds is 8. The third-order valence-corrected chi connectivity index (χ3v) is 4.10. The summed E-state index contributed by atoms with van der Waals surface area (Å²) >= 11 is 0. The van der Waals surface area contributed by atoms with Gasteiger partial charge < -0.3 is 20.1 Å². The van der Waals surface area contributed by atoms with Crippen LogP contribution in [0.25, 0.3) is 0 Å². The van der Waals surface area contributed by atoms with Gasteiger partial charge in [-0.1, -0.05) is 36.4 Å². The zero-order chi connectivity index (χ0) is 19.6. The van der Waals surface area contributed by atoms with E-state index in [1.807, 2.05) is 55.3 Å². The number of aliphatic hydroxyl groups is 1. The van der Waals surface area contributed by atoms with Gasteiger partial charge in [0.05, 0.1) is 19.8 Å². The highest BCUT2D eigenvalue weighted by Crippen LogP contribution is 2.18. The minimum Gasteiger partial charge on any atom is -0.494 e. The number of guanidine groups is 1. The molecule has 0 radical (unpaired) electrons. The lowest BCUT2D eigenvalue weighted by Crippen LogP contribution is -2.39. The zero-order valence-corrected chi connectivity index (χ0v) is 18.9. The third kappa shape index (κ3) is 7.63. The van der Waals surface area contributed by atoms with Crippen LogP contribution in [0, 0.1) is 5.82 Å². The Kier molecular flexibility index (Phi) is 10.8. The number of hydrogen-bond donors (Lipinski definition) is 2. The van der Waals surface area contributed by atoms with Crippen LogP contribution < -0.4 is 10.1 Å². The van der Waals surface area contributed by atoms with E-state index in [-0.39, 0.29) is 35.5 Å². The van der Waals surface area contributed by atoms with Crippen LogP contribution in [-0.2, 0) is 13.0 Å². The smallest absolute Gasteiger partial charge is 0.194 e. The van der Waals surface area contributed by atoms with Crippen LogP contribution in [0.3, 0.4) is 0 Å². The summed E-state index contributed by atoms with van der Waals surface area (Å²) in [6.07, 6.45) is -0.00941.